The summed E-state index contributed by atoms with van der Waals surface area (Å²) in [4.78, 5) is 26.1. The van der Waals surface area contributed by atoms with Crippen LogP contribution < -0.4 is 9.47 Å². The van der Waals surface area contributed by atoms with Gasteiger partial charge in [-0.1, -0.05) is 18.2 Å². The van der Waals surface area contributed by atoms with E-state index in [0.717, 1.165) is 34.2 Å². The van der Waals surface area contributed by atoms with Gasteiger partial charge in [-0.05, 0) is 60.9 Å². The number of benzene rings is 2. The second kappa shape index (κ2) is 10.4. The Balaban J connectivity index is 1.70. The average molecular weight is 419 g/mol. The molecule has 0 saturated carbocycles. The van der Waals surface area contributed by atoms with Gasteiger partial charge in [0.1, 0.15) is 31.9 Å². The van der Waals surface area contributed by atoms with Crippen LogP contribution in [-0.4, -0.2) is 30.5 Å². The van der Waals surface area contributed by atoms with Gasteiger partial charge in [0.15, 0.2) is 0 Å². The number of hydrogen-bond acceptors (Lipinski definition) is 6. The first-order valence-electron chi connectivity index (χ1n) is 9.98. The summed E-state index contributed by atoms with van der Waals surface area (Å²) in [6, 6.07) is 17.0. The van der Waals surface area contributed by atoms with Crippen molar-refractivity contribution in [3.63, 3.8) is 0 Å². The van der Waals surface area contributed by atoms with E-state index in [0.29, 0.717) is 23.8 Å². The van der Waals surface area contributed by atoms with Gasteiger partial charge >= 0.3 is 5.97 Å². The predicted octanol–water partition coefficient (Wildman–Crippen LogP) is 4.70. The summed E-state index contributed by atoms with van der Waals surface area (Å²) in [5, 5.41) is 0. The van der Waals surface area contributed by atoms with Crippen LogP contribution in [0.4, 0.5) is 0 Å². The normalized spacial score (nSPS) is 10.4. The minimum Gasteiger partial charge on any atom is -0.489 e. The third-order valence-corrected chi connectivity index (χ3v) is 4.65. The lowest BCUT2D eigenvalue weighted by atomic mass is 9.98. The van der Waals surface area contributed by atoms with Gasteiger partial charge in [0.2, 0.25) is 5.88 Å². The highest BCUT2D eigenvalue weighted by Crippen LogP contribution is 2.29. The van der Waals surface area contributed by atoms with E-state index in [2.05, 4.69) is 11.1 Å². The highest BCUT2D eigenvalue weighted by molar-refractivity contribution is 5.74. The fourth-order valence-corrected chi connectivity index (χ4v) is 3.26. The summed E-state index contributed by atoms with van der Waals surface area (Å²) in [5.41, 5.74) is 5.63. The molecule has 6 nitrogen and oxygen atoms in total. The standard InChI is InChI=1S/C25H25NO5/c1-17-13-24(30-12-11-29-19(3)28)26-18(2)25(17)22-6-4-5-21(14-22)16-31-23-9-7-20(15-27)8-10-23/h4-10,13-15H,11-12,16H2,1-3H3. The third kappa shape index (κ3) is 6.15. The Labute approximate surface area is 181 Å². The van der Waals surface area contributed by atoms with Crippen LogP contribution in [0.15, 0.2) is 54.6 Å². The summed E-state index contributed by atoms with van der Waals surface area (Å²) in [5.74, 6) is 0.880. The van der Waals surface area contributed by atoms with Gasteiger partial charge in [0.25, 0.3) is 0 Å². The molecule has 160 valence electrons. The number of nitrogens with zero attached hydrogens (tertiary/aromatic N) is 1. The second-order valence-corrected chi connectivity index (χ2v) is 7.10. The van der Waals surface area contributed by atoms with Crippen LogP contribution in [0.5, 0.6) is 11.6 Å². The van der Waals surface area contributed by atoms with Gasteiger partial charge in [-0.2, -0.15) is 0 Å². The van der Waals surface area contributed by atoms with Gasteiger partial charge in [-0.3, -0.25) is 9.59 Å². The SMILES string of the molecule is CC(=O)OCCOc1cc(C)c(-c2cccc(COc3ccc(C=O)cc3)c2)c(C)n1. The van der Waals surface area contributed by atoms with Crippen molar-refractivity contribution in [3.05, 3.63) is 77.0 Å². The molecule has 0 aliphatic rings. The molecule has 1 aromatic heterocycles. The molecule has 1 heterocycles. The predicted molar refractivity (Wildman–Crippen MR) is 117 cm³/mol. The molecule has 0 amide bonds. The van der Waals surface area contributed by atoms with Gasteiger partial charge < -0.3 is 14.2 Å². The minimum absolute atomic E-state index is 0.191. The molecule has 0 atom stereocenters. The average Bonchev–Trinajstić information content (AvgIpc) is 2.75. The quantitative estimate of drug-likeness (QED) is 0.284. The highest BCUT2D eigenvalue weighted by atomic mass is 16.6. The third-order valence-electron chi connectivity index (χ3n) is 4.65. The lowest BCUT2D eigenvalue weighted by Gasteiger charge is -2.14. The Hall–Kier alpha value is -3.67. The highest BCUT2D eigenvalue weighted by Gasteiger charge is 2.11. The lowest BCUT2D eigenvalue weighted by Crippen LogP contribution is -2.10. The number of aldehydes is 1. The number of carbonyl (C=O) groups excluding carboxylic acids is 2. The topological polar surface area (TPSA) is 74.7 Å². The van der Waals surface area contributed by atoms with E-state index in [1.54, 1.807) is 24.3 Å². The summed E-state index contributed by atoms with van der Waals surface area (Å²) in [6.07, 6.45) is 0.808. The summed E-state index contributed by atoms with van der Waals surface area (Å²) >= 11 is 0. The molecule has 0 N–H and O–H groups in total. The van der Waals surface area contributed by atoms with E-state index in [-0.39, 0.29) is 19.2 Å². The van der Waals surface area contributed by atoms with Crippen LogP contribution in [0.25, 0.3) is 11.1 Å². The molecule has 2 aromatic carbocycles. The maximum Gasteiger partial charge on any atom is 0.302 e. The van der Waals surface area contributed by atoms with Gasteiger partial charge in [0, 0.05) is 29.8 Å². The van der Waals surface area contributed by atoms with Crippen LogP contribution in [0.1, 0.15) is 34.1 Å². The van der Waals surface area contributed by atoms with E-state index in [1.807, 2.05) is 38.1 Å². The second-order valence-electron chi connectivity index (χ2n) is 7.10. The van der Waals surface area contributed by atoms with Crippen LogP contribution in [0.2, 0.25) is 0 Å². The zero-order valence-electron chi connectivity index (χ0n) is 17.9. The zero-order valence-corrected chi connectivity index (χ0v) is 17.9. The summed E-state index contributed by atoms with van der Waals surface area (Å²) < 4.78 is 16.3. The number of aryl methyl sites for hydroxylation is 2. The monoisotopic (exact) mass is 419 g/mol. The number of aromatic nitrogens is 1. The summed E-state index contributed by atoms with van der Waals surface area (Å²) in [7, 11) is 0. The number of carbonyl (C=O) groups is 2. The van der Waals surface area contributed by atoms with Crippen molar-refractivity contribution in [2.24, 2.45) is 0 Å². The van der Waals surface area contributed by atoms with E-state index < -0.39 is 0 Å². The lowest BCUT2D eigenvalue weighted by molar-refractivity contribution is -0.141. The van der Waals surface area contributed by atoms with Crippen LogP contribution in [0.3, 0.4) is 0 Å². The van der Waals surface area contributed by atoms with Gasteiger partial charge in [-0.25, -0.2) is 4.98 Å². The molecule has 3 rings (SSSR count). The van der Waals surface area contributed by atoms with Crippen LogP contribution in [0, 0.1) is 13.8 Å². The number of hydrogen-bond donors (Lipinski definition) is 0. The Bertz CT molecular complexity index is 1040. The number of rotatable bonds is 9. The van der Waals surface area contributed by atoms with Crippen molar-refractivity contribution in [2.45, 2.75) is 27.4 Å². The van der Waals surface area contributed by atoms with Crippen molar-refractivity contribution < 1.29 is 23.8 Å². The smallest absolute Gasteiger partial charge is 0.302 e. The molecule has 0 aliphatic carbocycles. The molecular weight excluding hydrogens is 394 g/mol. The molecule has 0 spiro atoms. The fourth-order valence-electron chi connectivity index (χ4n) is 3.26. The fraction of sp³-hybridized carbons (Fsp3) is 0.240. The number of ether oxygens (including phenoxy) is 3. The van der Waals surface area contributed by atoms with Crippen molar-refractivity contribution >= 4 is 12.3 Å². The molecule has 3 aromatic rings. The zero-order chi connectivity index (χ0) is 22.2. The van der Waals surface area contributed by atoms with E-state index in [4.69, 9.17) is 14.2 Å². The molecule has 0 bridgehead atoms. The van der Waals surface area contributed by atoms with Crippen molar-refractivity contribution in [1.82, 2.24) is 4.98 Å². The van der Waals surface area contributed by atoms with Crippen molar-refractivity contribution in [3.8, 4) is 22.8 Å². The molecule has 31 heavy (non-hydrogen) atoms. The van der Waals surface area contributed by atoms with E-state index in [1.165, 1.54) is 6.92 Å². The van der Waals surface area contributed by atoms with Crippen LogP contribution in [-0.2, 0) is 16.1 Å². The maximum atomic E-state index is 10.8. The first kappa shape index (κ1) is 22.0. The Morgan fingerprint density at radius 2 is 1.77 bits per heavy atom. The van der Waals surface area contributed by atoms with Gasteiger partial charge in [0.05, 0.1) is 0 Å². The van der Waals surface area contributed by atoms with Gasteiger partial charge in [-0.15, -0.1) is 0 Å². The van der Waals surface area contributed by atoms with E-state index in [9.17, 15) is 9.59 Å². The van der Waals surface area contributed by atoms with Crippen molar-refractivity contribution in [1.29, 1.82) is 0 Å². The molecule has 0 saturated heterocycles. The maximum absolute atomic E-state index is 10.8. The number of pyridine rings is 1. The first-order chi connectivity index (χ1) is 15.0. The molecule has 0 fully saturated rings. The first-order valence-corrected chi connectivity index (χ1v) is 9.98. The summed E-state index contributed by atoms with van der Waals surface area (Å²) in [6.45, 7) is 6.18. The Morgan fingerprint density at radius 3 is 2.45 bits per heavy atom. The molecule has 6 heteroatoms. The molecule has 0 unspecified atom stereocenters. The van der Waals surface area contributed by atoms with E-state index >= 15 is 0 Å². The number of esters is 1. The Kier molecular flexibility index (Phi) is 7.38. The van der Waals surface area contributed by atoms with Crippen LogP contribution >= 0.6 is 0 Å². The largest absolute Gasteiger partial charge is 0.489 e. The molecule has 0 radical (unpaired) electrons. The Morgan fingerprint density at radius 1 is 1.00 bits per heavy atom. The van der Waals surface area contributed by atoms with Crippen molar-refractivity contribution in [2.75, 3.05) is 13.2 Å². The molecule has 0 aliphatic heterocycles. The molecular formula is C25H25NO5. The minimum atomic E-state index is -0.332.